The number of halogens is 3. The zero-order valence-corrected chi connectivity index (χ0v) is 19.8. The summed E-state index contributed by atoms with van der Waals surface area (Å²) in [5.41, 5.74) is -1.42. The van der Waals surface area contributed by atoms with Crippen LogP contribution in [-0.4, -0.2) is 66.5 Å². The second kappa shape index (κ2) is 8.69. The van der Waals surface area contributed by atoms with E-state index in [0.29, 0.717) is 34.4 Å². The van der Waals surface area contributed by atoms with Crippen molar-refractivity contribution in [3.05, 3.63) is 53.1 Å². The number of piperazine rings is 1. The van der Waals surface area contributed by atoms with Crippen molar-refractivity contribution in [1.82, 2.24) is 9.80 Å². The summed E-state index contributed by atoms with van der Waals surface area (Å²) in [7, 11) is 2.98. The van der Waals surface area contributed by atoms with Gasteiger partial charge in [-0.25, -0.2) is 9.69 Å². The van der Waals surface area contributed by atoms with Crippen molar-refractivity contribution in [2.75, 3.05) is 25.7 Å². The number of likely N-dealkylation sites (tertiary alicyclic amines) is 1. The quantitative estimate of drug-likeness (QED) is 0.569. The Hall–Kier alpha value is -4.27. The second-order valence-corrected chi connectivity index (χ2v) is 9.02. The van der Waals surface area contributed by atoms with Gasteiger partial charge in [0, 0.05) is 6.54 Å². The van der Waals surface area contributed by atoms with E-state index in [4.69, 9.17) is 14.7 Å². The van der Waals surface area contributed by atoms with Gasteiger partial charge in [0.15, 0.2) is 11.5 Å². The number of carbonyl (C=O) groups is 3. The number of hydrogen-bond donors (Lipinski definition) is 0. The van der Waals surface area contributed by atoms with Gasteiger partial charge in [-0.15, -0.1) is 0 Å². The monoisotopic (exact) mass is 514 g/mol. The molecule has 0 aliphatic carbocycles. The molecule has 3 heterocycles. The Labute approximate surface area is 209 Å². The summed E-state index contributed by atoms with van der Waals surface area (Å²) in [6.45, 7) is 0.224. The average Bonchev–Trinajstić information content (AvgIpc) is 3.54. The van der Waals surface area contributed by atoms with Gasteiger partial charge in [0.05, 0.1) is 55.6 Å². The molecule has 0 spiro atoms. The molecule has 2 aromatic carbocycles. The maximum Gasteiger partial charge on any atom is 0.417 e. The summed E-state index contributed by atoms with van der Waals surface area (Å²) in [6, 6.07) is 6.59. The third-order valence-corrected chi connectivity index (χ3v) is 7.08. The molecule has 3 aliphatic heterocycles. The first-order valence-electron chi connectivity index (χ1n) is 11.4. The smallest absolute Gasteiger partial charge is 0.417 e. The van der Waals surface area contributed by atoms with Crippen LogP contribution < -0.4 is 14.4 Å². The Morgan fingerprint density at radius 3 is 2.49 bits per heavy atom. The van der Waals surface area contributed by atoms with Gasteiger partial charge in [-0.2, -0.15) is 18.4 Å². The molecule has 5 rings (SSSR count). The van der Waals surface area contributed by atoms with Crippen LogP contribution in [0.1, 0.15) is 23.1 Å². The summed E-state index contributed by atoms with van der Waals surface area (Å²) in [6.07, 6.45) is -4.39. The molecular formula is C25H21F3N4O5. The Bertz CT molecular complexity index is 1350. The van der Waals surface area contributed by atoms with Gasteiger partial charge in [-0.05, 0) is 42.3 Å². The molecule has 3 atom stereocenters. The predicted molar refractivity (Wildman–Crippen MR) is 122 cm³/mol. The third-order valence-electron chi connectivity index (χ3n) is 7.08. The standard InChI is InChI=1S/C25H21F3N4O5/c1-36-19-6-3-13(7-20(19)37-2)8-21(33)30-12-16-10-18(30)22-23(34)32(24(35)31(16)22)15-5-4-14(11-29)17(9-15)25(26,27)28/h3-7,9,16,18,22H,8,10,12H2,1-2H3/t16?,18?,22-/m0/s1. The van der Waals surface area contributed by atoms with Crippen LogP contribution in [0, 0.1) is 11.3 Å². The van der Waals surface area contributed by atoms with Gasteiger partial charge in [-0.3, -0.25) is 9.59 Å². The highest BCUT2D eigenvalue weighted by atomic mass is 19.4. The van der Waals surface area contributed by atoms with Crippen molar-refractivity contribution >= 4 is 23.5 Å². The molecule has 2 bridgehead atoms. The molecule has 3 aliphatic rings. The topological polar surface area (TPSA) is 103 Å². The van der Waals surface area contributed by atoms with Gasteiger partial charge in [0.25, 0.3) is 5.91 Å². The predicted octanol–water partition coefficient (Wildman–Crippen LogP) is 2.96. The van der Waals surface area contributed by atoms with Crippen LogP contribution in [0.4, 0.5) is 23.7 Å². The fourth-order valence-electron chi connectivity index (χ4n) is 5.45. The number of nitrogens with zero attached hydrogens (tertiary/aromatic N) is 4. The summed E-state index contributed by atoms with van der Waals surface area (Å²) in [5, 5.41) is 9.04. The maximum absolute atomic E-state index is 13.5. The van der Waals surface area contributed by atoms with E-state index in [-0.39, 0.29) is 24.6 Å². The minimum Gasteiger partial charge on any atom is -0.493 e. The first-order valence-corrected chi connectivity index (χ1v) is 11.4. The second-order valence-electron chi connectivity index (χ2n) is 9.02. The van der Waals surface area contributed by atoms with Crippen molar-refractivity contribution in [2.45, 2.75) is 37.1 Å². The normalized spacial score (nSPS) is 22.4. The molecule has 3 fully saturated rings. The zero-order chi connectivity index (χ0) is 26.6. The van der Waals surface area contributed by atoms with Crippen LogP contribution >= 0.6 is 0 Å². The molecule has 12 heteroatoms. The van der Waals surface area contributed by atoms with Crippen LogP contribution in [0.3, 0.4) is 0 Å². The minimum absolute atomic E-state index is 0.0344. The van der Waals surface area contributed by atoms with Crippen molar-refractivity contribution < 1.29 is 37.0 Å². The Kier molecular flexibility index (Phi) is 5.73. The molecule has 0 N–H and O–H groups in total. The van der Waals surface area contributed by atoms with Crippen LogP contribution in [-0.2, 0) is 22.2 Å². The number of imide groups is 1. The van der Waals surface area contributed by atoms with E-state index in [1.807, 2.05) is 0 Å². The SMILES string of the molecule is COc1ccc(CC(=O)N2CC3CC2[C@H]2C(=O)N(c4ccc(C#N)c(C(F)(F)F)c4)C(=O)N32)cc1OC. The van der Waals surface area contributed by atoms with Gasteiger partial charge >= 0.3 is 12.2 Å². The van der Waals surface area contributed by atoms with Crippen molar-refractivity contribution in [3.63, 3.8) is 0 Å². The lowest BCUT2D eigenvalue weighted by Crippen LogP contribution is -2.55. The fourth-order valence-corrected chi connectivity index (χ4v) is 5.45. The van der Waals surface area contributed by atoms with E-state index in [0.717, 1.165) is 12.1 Å². The van der Waals surface area contributed by atoms with Gasteiger partial charge in [0.2, 0.25) is 5.91 Å². The Balaban J connectivity index is 1.38. The summed E-state index contributed by atoms with van der Waals surface area (Å²) >= 11 is 0. The number of benzene rings is 2. The highest BCUT2D eigenvalue weighted by molar-refractivity contribution is 6.22. The number of ether oxygens (including phenoxy) is 2. The molecule has 192 valence electrons. The van der Waals surface area contributed by atoms with Gasteiger partial charge in [0.1, 0.15) is 6.04 Å². The van der Waals surface area contributed by atoms with Crippen LogP contribution in [0.15, 0.2) is 36.4 Å². The lowest BCUT2D eigenvalue weighted by molar-refractivity contribution is -0.138. The third kappa shape index (κ3) is 3.82. The minimum atomic E-state index is -4.84. The van der Waals surface area contributed by atoms with Crippen molar-refractivity contribution in [1.29, 1.82) is 5.26 Å². The molecular weight excluding hydrogens is 493 g/mol. The number of anilines is 1. The fraction of sp³-hybridized carbons (Fsp3) is 0.360. The number of alkyl halides is 3. The lowest BCUT2D eigenvalue weighted by atomic mass is 10.0. The Morgan fingerprint density at radius 1 is 1.11 bits per heavy atom. The highest BCUT2D eigenvalue weighted by Crippen LogP contribution is 2.43. The summed E-state index contributed by atoms with van der Waals surface area (Å²) in [4.78, 5) is 43.3. The largest absolute Gasteiger partial charge is 0.493 e. The van der Waals surface area contributed by atoms with E-state index in [1.165, 1.54) is 25.2 Å². The van der Waals surface area contributed by atoms with Crippen LogP contribution in [0.5, 0.6) is 11.5 Å². The van der Waals surface area contributed by atoms with E-state index in [9.17, 15) is 27.6 Å². The molecule has 0 saturated carbocycles. The van der Waals surface area contributed by atoms with E-state index in [1.54, 1.807) is 23.1 Å². The zero-order valence-electron chi connectivity index (χ0n) is 19.8. The van der Waals surface area contributed by atoms with Crippen molar-refractivity contribution in [3.8, 4) is 17.6 Å². The number of methoxy groups -OCH3 is 2. The first-order chi connectivity index (χ1) is 17.6. The first kappa shape index (κ1) is 24.4. The number of carbonyl (C=O) groups excluding carboxylic acids is 3. The Morgan fingerprint density at radius 2 is 1.84 bits per heavy atom. The number of rotatable bonds is 5. The number of fused-ring (bicyclic) bond motifs is 5. The van der Waals surface area contributed by atoms with Gasteiger partial charge in [-0.1, -0.05) is 6.07 Å². The molecule has 4 amide bonds. The van der Waals surface area contributed by atoms with Crippen molar-refractivity contribution in [2.24, 2.45) is 0 Å². The number of hydrogen-bond acceptors (Lipinski definition) is 6. The van der Waals surface area contributed by atoms with E-state index < -0.39 is 47.4 Å². The molecule has 37 heavy (non-hydrogen) atoms. The van der Waals surface area contributed by atoms with Crippen LogP contribution in [0.25, 0.3) is 0 Å². The van der Waals surface area contributed by atoms with E-state index >= 15 is 0 Å². The number of amides is 4. The highest BCUT2D eigenvalue weighted by Gasteiger charge is 2.62. The maximum atomic E-state index is 13.5. The van der Waals surface area contributed by atoms with E-state index in [2.05, 4.69) is 0 Å². The number of nitriles is 1. The molecule has 3 saturated heterocycles. The summed E-state index contributed by atoms with van der Waals surface area (Å²) < 4.78 is 50.9. The number of urea groups is 1. The lowest BCUT2D eigenvalue weighted by Gasteiger charge is -2.35. The molecule has 0 aromatic heterocycles. The molecule has 9 nitrogen and oxygen atoms in total. The molecule has 0 radical (unpaired) electrons. The molecule has 2 unspecified atom stereocenters. The van der Waals surface area contributed by atoms with Gasteiger partial charge < -0.3 is 19.3 Å². The summed E-state index contributed by atoms with van der Waals surface area (Å²) in [5.74, 6) is 0.0470. The average molecular weight is 514 g/mol. The molecule has 2 aromatic rings. The van der Waals surface area contributed by atoms with Crippen LogP contribution in [0.2, 0.25) is 0 Å².